The van der Waals surface area contributed by atoms with Gasteiger partial charge in [0.2, 0.25) is 0 Å². The SMILES string of the molecule is CCCC(CC(CC)CC)CC(CC)CCO. The predicted molar refractivity (Wildman–Crippen MR) is 77.2 cm³/mol. The van der Waals surface area contributed by atoms with Gasteiger partial charge in [-0.25, -0.2) is 0 Å². The van der Waals surface area contributed by atoms with Gasteiger partial charge >= 0.3 is 0 Å². The Balaban J connectivity index is 4.19. The molecule has 0 aliphatic heterocycles. The Morgan fingerprint density at radius 2 is 1.24 bits per heavy atom. The number of aliphatic hydroxyl groups excluding tert-OH is 1. The van der Waals surface area contributed by atoms with Gasteiger partial charge in [-0.1, -0.05) is 59.8 Å². The smallest absolute Gasteiger partial charge is 0.0433 e. The van der Waals surface area contributed by atoms with E-state index in [0.29, 0.717) is 6.61 Å². The van der Waals surface area contributed by atoms with Gasteiger partial charge in [-0.2, -0.15) is 0 Å². The summed E-state index contributed by atoms with van der Waals surface area (Å²) in [6.45, 7) is 9.57. The number of hydrogen-bond acceptors (Lipinski definition) is 1. The van der Waals surface area contributed by atoms with Crippen LogP contribution in [0.25, 0.3) is 0 Å². The molecule has 0 aliphatic carbocycles. The van der Waals surface area contributed by atoms with E-state index in [1.807, 2.05) is 0 Å². The second-order valence-corrected chi connectivity index (χ2v) is 5.60. The molecular weight excluding hydrogens is 208 g/mol. The van der Waals surface area contributed by atoms with Gasteiger partial charge in [0.25, 0.3) is 0 Å². The highest BCUT2D eigenvalue weighted by atomic mass is 16.3. The zero-order valence-electron chi connectivity index (χ0n) is 12.5. The Morgan fingerprint density at radius 1 is 0.706 bits per heavy atom. The summed E-state index contributed by atoms with van der Waals surface area (Å²) in [6.07, 6.45) is 10.3. The van der Waals surface area contributed by atoms with Gasteiger partial charge in [0.15, 0.2) is 0 Å². The molecule has 0 spiro atoms. The lowest BCUT2D eigenvalue weighted by Gasteiger charge is -2.25. The summed E-state index contributed by atoms with van der Waals surface area (Å²) in [5.74, 6) is 2.55. The van der Waals surface area contributed by atoms with Crippen molar-refractivity contribution >= 4 is 0 Å². The van der Waals surface area contributed by atoms with E-state index >= 15 is 0 Å². The van der Waals surface area contributed by atoms with Crippen molar-refractivity contribution in [3.05, 3.63) is 0 Å². The third kappa shape index (κ3) is 7.81. The molecular formula is C16H34O. The van der Waals surface area contributed by atoms with Crippen LogP contribution in [0.2, 0.25) is 0 Å². The standard InChI is InChI=1S/C16H34O/c1-5-9-16(12-14(6-2)7-3)13-15(8-4)10-11-17/h14-17H,5-13H2,1-4H3. The molecule has 2 atom stereocenters. The minimum Gasteiger partial charge on any atom is -0.396 e. The molecule has 1 heteroatoms. The first kappa shape index (κ1) is 17.0. The highest BCUT2D eigenvalue weighted by Crippen LogP contribution is 2.29. The third-order valence-corrected chi connectivity index (χ3v) is 4.30. The normalized spacial score (nSPS) is 15.2. The van der Waals surface area contributed by atoms with Crippen LogP contribution in [0.15, 0.2) is 0 Å². The van der Waals surface area contributed by atoms with Gasteiger partial charge in [0.05, 0.1) is 0 Å². The van der Waals surface area contributed by atoms with Gasteiger partial charge < -0.3 is 5.11 Å². The first-order valence-electron chi connectivity index (χ1n) is 7.82. The molecule has 0 aromatic rings. The fourth-order valence-electron chi connectivity index (χ4n) is 2.98. The average molecular weight is 242 g/mol. The van der Waals surface area contributed by atoms with Crippen LogP contribution in [0, 0.1) is 17.8 Å². The van der Waals surface area contributed by atoms with Crippen LogP contribution >= 0.6 is 0 Å². The van der Waals surface area contributed by atoms with Gasteiger partial charge in [0, 0.05) is 6.61 Å². The van der Waals surface area contributed by atoms with Crippen molar-refractivity contribution in [2.24, 2.45) is 17.8 Å². The van der Waals surface area contributed by atoms with Crippen molar-refractivity contribution in [2.45, 2.75) is 79.1 Å². The van der Waals surface area contributed by atoms with E-state index in [1.54, 1.807) is 0 Å². The monoisotopic (exact) mass is 242 g/mol. The van der Waals surface area contributed by atoms with Gasteiger partial charge in [-0.15, -0.1) is 0 Å². The van der Waals surface area contributed by atoms with Crippen LogP contribution in [0.3, 0.4) is 0 Å². The van der Waals surface area contributed by atoms with Crippen molar-refractivity contribution in [1.29, 1.82) is 0 Å². The Labute approximate surface area is 109 Å². The summed E-state index contributed by atoms with van der Waals surface area (Å²) >= 11 is 0. The van der Waals surface area contributed by atoms with Crippen LogP contribution in [0.1, 0.15) is 79.1 Å². The largest absolute Gasteiger partial charge is 0.396 e. The number of hydrogen-bond donors (Lipinski definition) is 1. The lowest BCUT2D eigenvalue weighted by atomic mass is 9.81. The van der Waals surface area contributed by atoms with Gasteiger partial charge in [0.1, 0.15) is 0 Å². The first-order chi connectivity index (χ1) is 8.21. The minimum absolute atomic E-state index is 0.363. The molecule has 0 aromatic carbocycles. The zero-order valence-corrected chi connectivity index (χ0v) is 12.5. The molecule has 0 amide bonds. The molecule has 0 fully saturated rings. The fourth-order valence-corrected chi connectivity index (χ4v) is 2.98. The van der Waals surface area contributed by atoms with E-state index in [4.69, 9.17) is 5.11 Å². The summed E-state index contributed by atoms with van der Waals surface area (Å²) < 4.78 is 0. The van der Waals surface area contributed by atoms with E-state index in [2.05, 4.69) is 27.7 Å². The molecule has 0 heterocycles. The highest BCUT2D eigenvalue weighted by molar-refractivity contribution is 4.69. The number of rotatable bonds is 11. The quantitative estimate of drug-likeness (QED) is 0.539. The molecule has 0 rings (SSSR count). The lowest BCUT2D eigenvalue weighted by Crippen LogP contribution is -2.14. The maximum absolute atomic E-state index is 9.08. The average Bonchev–Trinajstić information content (AvgIpc) is 2.35. The Morgan fingerprint density at radius 3 is 1.65 bits per heavy atom. The predicted octanol–water partition coefficient (Wildman–Crippen LogP) is 5.03. The maximum Gasteiger partial charge on any atom is 0.0433 e. The highest BCUT2D eigenvalue weighted by Gasteiger charge is 2.17. The molecule has 1 N–H and O–H groups in total. The molecule has 2 unspecified atom stereocenters. The Kier molecular flexibility index (Phi) is 11.0. The summed E-state index contributed by atoms with van der Waals surface area (Å²) in [4.78, 5) is 0. The van der Waals surface area contributed by atoms with Crippen LogP contribution in [-0.4, -0.2) is 11.7 Å². The molecule has 1 nitrogen and oxygen atoms in total. The van der Waals surface area contributed by atoms with Crippen LogP contribution < -0.4 is 0 Å². The van der Waals surface area contributed by atoms with E-state index in [-0.39, 0.29) is 0 Å². The molecule has 104 valence electrons. The molecule has 0 bridgehead atoms. The molecule has 0 radical (unpaired) electrons. The minimum atomic E-state index is 0.363. The molecule has 0 saturated carbocycles. The van der Waals surface area contributed by atoms with E-state index in [0.717, 1.165) is 24.2 Å². The van der Waals surface area contributed by atoms with E-state index < -0.39 is 0 Å². The summed E-state index contributed by atoms with van der Waals surface area (Å²) in [6, 6.07) is 0. The summed E-state index contributed by atoms with van der Waals surface area (Å²) in [5, 5.41) is 9.08. The Hall–Kier alpha value is -0.0400. The van der Waals surface area contributed by atoms with Crippen molar-refractivity contribution in [3.63, 3.8) is 0 Å². The van der Waals surface area contributed by atoms with Crippen LogP contribution in [0.5, 0.6) is 0 Å². The number of aliphatic hydroxyl groups is 1. The second kappa shape index (κ2) is 11.1. The van der Waals surface area contributed by atoms with E-state index in [9.17, 15) is 0 Å². The molecule has 0 saturated heterocycles. The van der Waals surface area contributed by atoms with Crippen molar-refractivity contribution in [1.82, 2.24) is 0 Å². The second-order valence-electron chi connectivity index (χ2n) is 5.60. The van der Waals surface area contributed by atoms with Gasteiger partial charge in [-0.05, 0) is 37.0 Å². The zero-order chi connectivity index (χ0) is 13.1. The summed E-state index contributed by atoms with van der Waals surface area (Å²) in [5.41, 5.74) is 0. The summed E-state index contributed by atoms with van der Waals surface area (Å²) in [7, 11) is 0. The fraction of sp³-hybridized carbons (Fsp3) is 1.00. The molecule has 17 heavy (non-hydrogen) atoms. The van der Waals surface area contributed by atoms with Crippen molar-refractivity contribution in [3.8, 4) is 0 Å². The lowest BCUT2D eigenvalue weighted by molar-refractivity contribution is 0.217. The molecule has 0 aromatic heterocycles. The van der Waals surface area contributed by atoms with Gasteiger partial charge in [-0.3, -0.25) is 0 Å². The van der Waals surface area contributed by atoms with Crippen LogP contribution in [0.4, 0.5) is 0 Å². The maximum atomic E-state index is 9.08. The topological polar surface area (TPSA) is 20.2 Å². The van der Waals surface area contributed by atoms with Crippen molar-refractivity contribution < 1.29 is 5.11 Å². The van der Waals surface area contributed by atoms with Crippen LogP contribution in [-0.2, 0) is 0 Å². The van der Waals surface area contributed by atoms with Crippen molar-refractivity contribution in [2.75, 3.05) is 6.61 Å². The third-order valence-electron chi connectivity index (χ3n) is 4.30. The Bertz CT molecular complexity index is 152. The van der Waals surface area contributed by atoms with E-state index in [1.165, 1.54) is 44.9 Å². The first-order valence-corrected chi connectivity index (χ1v) is 7.82. The molecule has 0 aliphatic rings.